The molecule has 0 unspecified atom stereocenters. The molecule has 1 aromatic heterocycles. The summed E-state index contributed by atoms with van der Waals surface area (Å²) in [5, 5.41) is 10.4. The van der Waals surface area contributed by atoms with Gasteiger partial charge in [-0.15, -0.1) is 0 Å². The molecule has 1 aromatic carbocycles. The highest BCUT2D eigenvalue weighted by Crippen LogP contribution is 2.30. The Morgan fingerprint density at radius 2 is 1.76 bits per heavy atom. The third kappa shape index (κ3) is 3.46. The van der Waals surface area contributed by atoms with Crippen molar-refractivity contribution in [3.8, 4) is 0 Å². The highest BCUT2D eigenvalue weighted by Gasteiger charge is 2.29. The van der Waals surface area contributed by atoms with E-state index < -0.39 is 20.5 Å². The molecule has 21 heavy (non-hydrogen) atoms. The van der Waals surface area contributed by atoms with E-state index in [0.29, 0.717) is 11.3 Å². The molecular formula is C13H14N2O4S2. The standard InChI is InChI=1S/C13H14N2O4S2/c1-13(2,10-6-4-3-5-7-10)14-21(18,19)12-9-8-11(20-12)15(16)17/h3-9,14H,1-2H3. The van der Waals surface area contributed by atoms with Gasteiger partial charge in [0.2, 0.25) is 0 Å². The predicted octanol–water partition coefficient (Wildman–Crippen LogP) is 2.87. The lowest BCUT2D eigenvalue weighted by atomic mass is 9.96. The summed E-state index contributed by atoms with van der Waals surface area (Å²) >= 11 is 0.634. The van der Waals surface area contributed by atoms with Crippen molar-refractivity contribution in [3.05, 3.63) is 58.1 Å². The van der Waals surface area contributed by atoms with E-state index in [9.17, 15) is 18.5 Å². The van der Waals surface area contributed by atoms with Crippen LogP contribution in [0, 0.1) is 10.1 Å². The summed E-state index contributed by atoms with van der Waals surface area (Å²) in [6, 6.07) is 11.6. The van der Waals surface area contributed by atoms with Crippen molar-refractivity contribution in [1.29, 1.82) is 0 Å². The van der Waals surface area contributed by atoms with Crippen LogP contribution >= 0.6 is 11.3 Å². The number of nitrogens with one attached hydrogen (secondary N) is 1. The Labute approximate surface area is 126 Å². The SMILES string of the molecule is CC(C)(NS(=O)(=O)c1ccc([N+](=O)[O-])s1)c1ccccc1. The second-order valence-electron chi connectivity index (χ2n) is 4.95. The molecule has 0 aliphatic carbocycles. The van der Waals surface area contributed by atoms with Crippen molar-refractivity contribution in [3.63, 3.8) is 0 Å². The fraction of sp³-hybridized carbons (Fsp3) is 0.231. The van der Waals surface area contributed by atoms with Crippen molar-refractivity contribution in [2.45, 2.75) is 23.6 Å². The van der Waals surface area contributed by atoms with Crippen LogP contribution in [0.2, 0.25) is 0 Å². The van der Waals surface area contributed by atoms with Crippen LogP contribution < -0.4 is 4.72 Å². The monoisotopic (exact) mass is 326 g/mol. The average molecular weight is 326 g/mol. The van der Waals surface area contributed by atoms with Crippen molar-refractivity contribution in [2.75, 3.05) is 0 Å². The number of nitrogens with zero attached hydrogens (tertiary/aromatic N) is 1. The number of hydrogen-bond acceptors (Lipinski definition) is 5. The number of hydrogen-bond donors (Lipinski definition) is 1. The smallest absolute Gasteiger partial charge is 0.258 e. The summed E-state index contributed by atoms with van der Waals surface area (Å²) in [4.78, 5) is 10.0. The van der Waals surface area contributed by atoms with Gasteiger partial charge in [-0.1, -0.05) is 30.3 Å². The van der Waals surface area contributed by atoms with Crippen LogP contribution in [0.15, 0.2) is 46.7 Å². The molecule has 1 N–H and O–H groups in total. The number of nitro groups is 1. The molecule has 1 heterocycles. The molecule has 0 saturated carbocycles. The molecule has 0 saturated heterocycles. The molecule has 0 atom stereocenters. The molecule has 0 amide bonds. The first-order valence-corrected chi connectivity index (χ1v) is 8.36. The van der Waals surface area contributed by atoms with E-state index in [4.69, 9.17) is 0 Å². The van der Waals surface area contributed by atoms with Crippen LogP contribution in [0.25, 0.3) is 0 Å². The largest absolute Gasteiger partial charge is 0.325 e. The Balaban J connectivity index is 2.30. The van der Waals surface area contributed by atoms with Crippen molar-refractivity contribution in [2.24, 2.45) is 0 Å². The van der Waals surface area contributed by atoms with Gasteiger partial charge in [0, 0.05) is 6.07 Å². The molecule has 6 nitrogen and oxygen atoms in total. The summed E-state index contributed by atoms with van der Waals surface area (Å²) in [5.41, 5.74) is -0.0154. The van der Waals surface area contributed by atoms with Gasteiger partial charge in [-0.25, -0.2) is 13.1 Å². The third-order valence-electron chi connectivity index (χ3n) is 2.90. The van der Waals surface area contributed by atoms with Crippen LogP contribution in [-0.2, 0) is 15.6 Å². The molecule has 2 rings (SSSR count). The first-order valence-electron chi connectivity index (χ1n) is 6.06. The lowest BCUT2D eigenvalue weighted by Gasteiger charge is -2.26. The van der Waals surface area contributed by atoms with Gasteiger partial charge < -0.3 is 0 Å². The maximum atomic E-state index is 12.3. The van der Waals surface area contributed by atoms with E-state index in [1.807, 2.05) is 30.3 Å². The second-order valence-corrected chi connectivity index (χ2v) is 7.92. The molecule has 112 valence electrons. The van der Waals surface area contributed by atoms with Crippen LogP contribution in [0.3, 0.4) is 0 Å². The second kappa shape index (κ2) is 5.55. The van der Waals surface area contributed by atoms with Gasteiger partial charge in [0.1, 0.15) is 4.21 Å². The number of thiophene rings is 1. The number of benzene rings is 1. The summed E-state index contributed by atoms with van der Waals surface area (Å²) in [7, 11) is -3.81. The summed E-state index contributed by atoms with van der Waals surface area (Å²) < 4.78 is 27.2. The Kier molecular flexibility index (Phi) is 4.13. The molecule has 2 aromatic rings. The highest BCUT2D eigenvalue weighted by atomic mass is 32.2. The minimum atomic E-state index is -3.81. The minimum Gasteiger partial charge on any atom is -0.258 e. The molecular weight excluding hydrogens is 312 g/mol. The third-order valence-corrected chi connectivity index (χ3v) is 6.08. The van der Waals surface area contributed by atoms with Crippen LogP contribution in [0.1, 0.15) is 19.4 Å². The van der Waals surface area contributed by atoms with Crippen molar-refractivity contribution in [1.82, 2.24) is 4.72 Å². The van der Waals surface area contributed by atoms with E-state index >= 15 is 0 Å². The molecule has 0 fully saturated rings. The highest BCUT2D eigenvalue weighted by molar-refractivity contribution is 7.91. The fourth-order valence-corrected chi connectivity index (χ4v) is 4.36. The van der Waals surface area contributed by atoms with Crippen LogP contribution in [-0.4, -0.2) is 13.3 Å². The number of sulfonamides is 1. The van der Waals surface area contributed by atoms with E-state index in [-0.39, 0.29) is 9.21 Å². The van der Waals surface area contributed by atoms with Crippen LogP contribution in [0.4, 0.5) is 5.00 Å². The van der Waals surface area contributed by atoms with Gasteiger partial charge in [-0.05, 0) is 36.8 Å². The van der Waals surface area contributed by atoms with Crippen molar-refractivity contribution >= 4 is 26.4 Å². The zero-order chi connectivity index (χ0) is 15.7. The topological polar surface area (TPSA) is 89.3 Å². The summed E-state index contributed by atoms with van der Waals surface area (Å²) in [6.07, 6.45) is 0. The van der Waals surface area contributed by atoms with Crippen LogP contribution in [0.5, 0.6) is 0 Å². The van der Waals surface area contributed by atoms with E-state index in [0.717, 1.165) is 5.56 Å². The molecule has 0 spiro atoms. The number of rotatable bonds is 5. The maximum Gasteiger partial charge on any atom is 0.325 e. The van der Waals surface area contributed by atoms with Gasteiger partial charge >= 0.3 is 5.00 Å². The maximum absolute atomic E-state index is 12.3. The molecule has 0 aliphatic rings. The summed E-state index contributed by atoms with van der Waals surface area (Å²) in [5.74, 6) is 0. The fourth-order valence-electron chi connectivity index (χ4n) is 1.85. The molecule has 8 heteroatoms. The van der Waals surface area contributed by atoms with Gasteiger partial charge in [-0.3, -0.25) is 10.1 Å². The summed E-state index contributed by atoms with van der Waals surface area (Å²) in [6.45, 7) is 3.48. The zero-order valence-electron chi connectivity index (χ0n) is 11.4. The molecule has 0 aliphatic heterocycles. The first kappa shape index (κ1) is 15.6. The predicted molar refractivity (Wildman–Crippen MR) is 80.8 cm³/mol. The van der Waals surface area contributed by atoms with Gasteiger partial charge in [0.05, 0.1) is 10.5 Å². The Morgan fingerprint density at radius 1 is 1.14 bits per heavy atom. The van der Waals surface area contributed by atoms with Gasteiger partial charge in [-0.2, -0.15) is 0 Å². The normalized spacial score (nSPS) is 12.3. The zero-order valence-corrected chi connectivity index (χ0v) is 13.1. The Morgan fingerprint density at radius 3 is 2.29 bits per heavy atom. The average Bonchev–Trinajstić information content (AvgIpc) is 2.89. The quantitative estimate of drug-likeness (QED) is 0.676. The lowest BCUT2D eigenvalue weighted by Crippen LogP contribution is -2.40. The van der Waals surface area contributed by atoms with Crippen molar-refractivity contribution < 1.29 is 13.3 Å². The van der Waals surface area contributed by atoms with Gasteiger partial charge in [0.25, 0.3) is 10.0 Å². The Bertz CT molecular complexity index is 751. The Hall–Kier alpha value is -1.77. The van der Waals surface area contributed by atoms with Gasteiger partial charge in [0.15, 0.2) is 0 Å². The van der Waals surface area contributed by atoms with E-state index in [2.05, 4.69) is 4.72 Å². The first-order chi connectivity index (χ1) is 9.72. The van der Waals surface area contributed by atoms with E-state index in [1.165, 1.54) is 12.1 Å². The molecule has 0 radical (unpaired) electrons. The van der Waals surface area contributed by atoms with E-state index in [1.54, 1.807) is 13.8 Å². The minimum absolute atomic E-state index is 0.0711. The lowest BCUT2D eigenvalue weighted by molar-refractivity contribution is -0.380. The molecule has 0 bridgehead atoms.